The van der Waals surface area contributed by atoms with Crippen molar-refractivity contribution in [1.82, 2.24) is 4.57 Å². The van der Waals surface area contributed by atoms with Gasteiger partial charge in [0.2, 0.25) is 0 Å². The number of nitrogens with one attached hydrogen (secondary N) is 2. The zero-order valence-electron chi connectivity index (χ0n) is 33.6. The number of aliphatic hydroxyl groups is 1. The molecular weight excluding hydrogens is 739 g/mol. The summed E-state index contributed by atoms with van der Waals surface area (Å²) in [5, 5.41) is 21.1. The lowest BCUT2D eigenvalue weighted by atomic mass is 10.0. The van der Waals surface area contributed by atoms with E-state index in [9.17, 15) is 5.11 Å². The van der Waals surface area contributed by atoms with Crippen molar-refractivity contribution in [2.75, 3.05) is 40.1 Å². The fourth-order valence-electron chi connectivity index (χ4n) is 7.14. The van der Waals surface area contributed by atoms with Crippen molar-refractivity contribution in [2.45, 2.75) is 6.92 Å². The molecule has 8 aromatic rings. The maximum Gasteiger partial charge on any atom is 0.119 e. The van der Waals surface area contributed by atoms with Gasteiger partial charge in [0.1, 0.15) is 5.76 Å². The number of hydrogen-bond acceptors (Lipinski definition) is 6. The van der Waals surface area contributed by atoms with Gasteiger partial charge < -0.3 is 36.7 Å². The first-order valence-corrected chi connectivity index (χ1v) is 19.9. The highest BCUT2D eigenvalue weighted by Crippen LogP contribution is 2.36. The van der Waals surface area contributed by atoms with E-state index >= 15 is 0 Å². The first kappa shape index (κ1) is 40.2. The molecule has 1 heterocycles. The molecule has 0 atom stereocenters. The first-order valence-electron chi connectivity index (χ1n) is 19.9. The third-order valence-corrected chi connectivity index (χ3v) is 10.0. The third-order valence-electron chi connectivity index (χ3n) is 10.0. The first-order chi connectivity index (χ1) is 29.4. The number of nitrogens with two attached hydrogens (primary N) is 2. The Morgan fingerprint density at radius 1 is 0.717 bits per heavy atom. The average molecular weight is 788 g/mol. The molecule has 0 fully saturated rings. The number of aromatic nitrogens is 1. The summed E-state index contributed by atoms with van der Waals surface area (Å²) in [5.41, 5.74) is 22.6. The van der Waals surface area contributed by atoms with Crippen molar-refractivity contribution in [1.29, 1.82) is 0 Å². The molecule has 0 saturated heterocycles. The molecule has 7 N–H and O–H groups in total. The van der Waals surface area contributed by atoms with E-state index < -0.39 is 0 Å². The Bertz CT molecular complexity index is 2730. The number of fused-ring (bicyclic) bond motifs is 3. The number of nitrogen functional groups attached to an aromatic ring is 2. The van der Waals surface area contributed by atoms with Crippen LogP contribution in [0.15, 0.2) is 211 Å². The molecule has 7 aromatic carbocycles. The Morgan fingerprint density at radius 3 is 1.95 bits per heavy atom. The van der Waals surface area contributed by atoms with Crippen molar-refractivity contribution < 1.29 is 5.11 Å². The number of likely N-dealkylation sites (N-methyl/N-ethyl adjacent to an activating group) is 1. The molecule has 8 rings (SSSR count). The largest absolute Gasteiger partial charge is 0.510 e. The van der Waals surface area contributed by atoms with E-state index in [2.05, 4.69) is 88.2 Å². The summed E-state index contributed by atoms with van der Waals surface area (Å²) >= 11 is 0. The standard InChI is InChI=1S/C46H42N6O.C6H7N/c1-3-5-19-38(35-20-9-12-23-40(35)50-42-25-14-13-24-41(42)49-32-48-33-17-7-6-8-18-33)46(53)31-51(4-2)45-29-28-34(30-39(45)47)52-43-26-15-10-21-36(43)37-22-11-16-27-44(37)52;7-6-4-2-1-3-5-6/h3,5-30,32,50,53H,1,4,31,47H2,2H3,(H,48,49);1-5H,7H2/b19-5-,46-38-;. The second-order valence-electron chi connectivity index (χ2n) is 13.9. The highest BCUT2D eigenvalue weighted by Gasteiger charge is 2.18. The Kier molecular flexibility index (Phi) is 13.0. The van der Waals surface area contributed by atoms with Gasteiger partial charge in [0.05, 0.1) is 46.7 Å². The Balaban J connectivity index is 0.000000706. The zero-order chi connectivity index (χ0) is 41.7. The van der Waals surface area contributed by atoms with Crippen LogP contribution in [-0.2, 0) is 0 Å². The van der Waals surface area contributed by atoms with E-state index in [1.54, 1.807) is 12.4 Å². The second-order valence-corrected chi connectivity index (χ2v) is 13.9. The normalized spacial score (nSPS) is 11.6. The minimum atomic E-state index is 0.198. The number of benzene rings is 7. The minimum Gasteiger partial charge on any atom is -0.510 e. The minimum absolute atomic E-state index is 0.198. The number of allylic oxidation sites excluding steroid dienone is 4. The number of aliphatic hydroxyl groups excluding tert-OH is 1. The molecule has 0 aliphatic carbocycles. The molecular formula is C52H49N7O. The molecule has 298 valence electrons. The van der Waals surface area contributed by atoms with Gasteiger partial charge in [0.15, 0.2) is 0 Å². The summed E-state index contributed by atoms with van der Waals surface area (Å²) in [4.78, 5) is 6.78. The van der Waals surface area contributed by atoms with Crippen molar-refractivity contribution >= 4 is 73.5 Å². The SMILES string of the molecule is C=C/C=C\C(=C(\O)CN(CC)c1ccc(-n2c3ccccc3c3ccccc32)cc1N)c1ccccc1Nc1ccccc1N=CNc1ccccc1.Nc1ccccc1. The molecule has 0 bridgehead atoms. The highest BCUT2D eigenvalue weighted by atomic mass is 16.3. The van der Waals surface area contributed by atoms with Crippen molar-refractivity contribution in [3.05, 3.63) is 212 Å². The lowest BCUT2D eigenvalue weighted by Crippen LogP contribution is -2.26. The molecule has 0 aliphatic heterocycles. The van der Waals surface area contributed by atoms with Gasteiger partial charge in [0.25, 0.3) is 0 Å². The smallest absolute Gasteiger partial charge is 0.119 e. The summed E-state index contributed by atoms with van der Waals surface area (Å²) in [6, 6.07) is 58.2. The van der Waals surface area contributed by atoms with Crippen LogP contribution in [0.2, 0.25) is 0 Å². The number of aliphatic imine (C=N–C) groups is 1. The molecule has 0 spiro atoms. The van der Waals surface area contributed by atoms with Gasteiger partial charge in [-0.15, -0.1) is 0 Å². The van der Waals surface area contributed by atoms with E-state index in [-0.39, 0.29) is 12.3 Å². The van der Waals surface area contributed by atoms with Gasteiger partial charge in [-0.2, -0.15) is 0 Å². The van der Waals surface area contributed by atoms with Gasteiger partial charge in [0, 0.05) is 51.2 Å². The lowest BCUT2D eigenvalue weighted by Gasteiger charge is -2.26. The molecule has 60 heavy (non-hydrogen) atoms. The summed E-state index contributed by atoms with van der Waals surface area (Å²) in [5.74, 6) is 0.198. The number of rotatable bonds is 13. The summed E-state index contributed by atoms with van der Waals surface area (Å²) in [6.07, 6.45) is 7.11. The fourth-order valence-corrected chi connectivity index (χ4v) is 7.14. The van der Waals surface area contributed by atoms with E-state index in [1.165, 1.54) is 10.8 Å². The number of hydrogen-bond donors (Lipinski definition) is 5. The van der Waals surface area contributed by atoms with Crippen LogP contribution in [0.4, 0.5) is 39.8 Å². The molecule has 0 amide bonds. The predicted molar refractivity (Wildman–Crippen MR) is 257 cm³/mol. The van der Waals surface area contributed by atoms with E-state index in [4.69, 9.17) is 16.5 Å². The summed E-state index contributed by atoms with van der Waals surface area (Å²) < 4.78 is 2.25. The van der Waals surface area contributed by atoms with Crippen molar-refractivity contribution in [3.8, 4) is 5.69 Å². The molecule has 1 aromatic heterocycles. The van der Waals surface area contributed by atoms with Crippen LogP contribution in [0.5, 0.6) is 0 Å². The topological polar surface area (TPSA) is 117 Å². The lowest BCUT2D eigenvalue weighted by molar-refractivity contribution is 0.402. The Labute approximate surface area is 351 Å². The molecule has 8 heteroatoms. The van der Waals surface area contributed by atoms with Crippen LogP contribution >= 0.6 is 0 Å². The number of nitrogens with zero attached hydrogens (tertiary/aromatic N) is 3. The quantitative estimate of drug-likeness (QED) is 0.0261. The van der Waals surface area contributed by atoms with Crippen LogP contribution < -0.4 is 27.0 Å². The Hall–Kier alpha value is -7.97. The van der Waals surface area contributed by atoms with E-state index in [0.29, 0.717) is 17.8 Å². The maximum atomic E-state index is 11.9. The predicted octanol–water partition coefficient (Wildman–Crippen LogP) is 12.7. The fraction of sp³-hybridized carbons (Fsp3) is 0.0577. The van der Waals surface area contributed by atoms with Crippen LogP contribution in [0.1, 0.15) is 12.5 Å². The summed E-state index contributed by atoms with van der Waals surface area (Å²) in [6.45, 7) is 6.82. The monoisotopic (exact) mass is 787 g/mol. The second kappa shape index (κ2) is 19.5. The van der Waals surface area contributed by atoms with Crippen LogP contribution in [-0.4, -0.2) is 29.1 Å². The van der Waals surface area contributed by atoms with Gasteiger partial charge in [-0.3, -0.25) is 0 Å². The van der Waals surface area contributed by atoms with Crippen molar-refractivity contribution in [3.63, 3.8) is 0 Å². The third kappa shape index (κ3) is 9.41. The Morgan fingerprint density at radius 2 is 1.32 bits per heavy atom. The zero-order valence-corrected chi connectivity index (χ0v) is 33.6. The van der Waals surface area contributed by atoms with Gasteiger partial charge >= 0.3 is 0 Å². The maximum absolute atomic E-state index is 11.9. The van der Waals surface area contributed by atoms with Gasteiger partial charge in [-0.05, 0) is 79.7 Å². The molecule has 8 nitrogen and oxygen atoms in total. The molecule has 0 aliphatic rings. The molecule has 0 radical (unpaired) electrons. The van der Waals surface area contributed by atoms with E-state index in [1.807, 2.05) is 133 Å². The van der Waals surface area contributed by atoms with Crippen molar-refractivity contribution in [2.24, 2.45) is 4.99 Å². The number of anilines is 6. The van der Waals surface area contributed by atoms with E-state index in [0.717, 1.165) is 56.4 Å². The van der Waals surface area contributed by atoms with Crippen LogP contribution in [0.3, 0.4) is 0 Å². The van der Waals surface area contributed by atoms with Gasteiger partial charge in [-0.1, -0.05) is 128 Å². The van der Waals surface area contributed by atoms with Crippen LogP contribution in [0.25, 0.3) is 33.1 Å². The molecule has 0 unspecified atom stereocenters. The average Bonchev–Trinajstić information content (AvgIpc) is 3.62. The molecule has 0 saturated carbocycles. The highest BCUT2D eigenvalue weighted by molar-refractivity contribution is 6.09. The van der Waals surface area contributed by atoms with Gasteiger partial charge in [-0.25, -0.2) is 4.99 Å². The number of para-hydroxylation sites is 7. The van der Waals surface area contributed by atoms with Crippen LogP contribution in [0, 0.1) is 0 Å². The summed E-state index contributed by atoms with van der Waals surface area (Å²) in [7, 11) is 0.